The van der Waals surface area contributed by atoms with Crippen LogP contribution in [0.25, 0.3) is 0 Å². The van der Waals surface area contributed by atoms with Crippen LogP contribution in [0.2, 0.25) is 10.0 Å². The van der Waals surface area contributed by atoms with Gasteiger partial charge in [0.2, 0.25) is 5.91 Å². The molecule has 1 aromatic carbocycles. The van der Waals surface area contributed by atoms with E-state index in [-0.39, 0.29) is 11.9 Å². The van der Waals surface area contributed by atoms with Gasteiger partial charge in [0.05, 0.1) is 30.8 Å². The Morgan fingerprint density at radius 3 is 2.77 bits per heavy atom. The smallest absolute Gasteiger partial charge is 0.220 e. The highest BCUT2D eigenvalue weighted by atomic mass is 35.5. The molecule has 0 saturated carbocycles. The van der Waals surface area contributed by atoms with Crippen molar-refractivity contribution in [1.29, 1.82) is 5.26 Å². The number of hydrogen-bond acceptors (Lipinski definition) is 3. The van der Waals surface area contributed by atoms with E-state index in [4.69, 9.17) is 28.5 Å². The summed E-state index contributed by atoms with van der Waals surface area (Å²) in [6, 6.07) is 7.17. The number of amides is 1. The molecule has 0 aliphatic heterocycles. The number of halogens is 2. The van der Waals surface area contributed by atoms with Crippen LogP contribution >= 0.6 is 23.2 Å². The van der Waals surface area contributed by atoms with E-state index >= 15 is 0 Å². The Bertz CT molecular complexity index is 839. The van der Waals surface area contributed by atoms with Gasteiger partial charge in [-0.3, -0.25) is 9.48 Å². The first-order valence-corrected chi connectivity index (χ1v) is 9.23. The minimum Gasteiger partial charge on any atom is -0.350 e. The second-order valence-electron chi connectivity index (χ2n) is 6.24. The molecule has 0 aliphatic rings. The quantitative estimate of drug-likeness (QED) is 0.751. The molecule has 0 bridgehead atoms. The molecule has 1 N–H and O–H groups in total. The fourth-order valence-electron chi connectivity index (χ4n) is 2.95. The summed E-state index contributed by atoms with van der Waals surface area (Å²) in [6.07, 6.45) is 1.39. The van der Waals surface area contributed by atoms with Crippen molar-refractivity contribution >= 4 is 29.1 Å². The molecule has 5 nitrogen and oxygen atoms in total. The van der Waals surface area contributed by atoms with Crippen LogP contribution in [0.15, 0.2) is 18.2 Å². The summed E-state index contributed by atoms with van der Waals surface area (Å²) < 4.78 is 1.84. The molecule has 1 atom stereocenters. The fourth-order valence-corrected chi connectivity index (χ4v) is 3.52. The normalized spacial score (nSPS) is 11.8. The first-order valence-electron chi connectivity index (χ1n) is 8.47. The average Bonchev–Trinajstić information content (AvgIpc) is 2.84. The summed E-state index contributed by atoms with van der Waals surface area (Å²) in [4.78, 5) is 12.3. The predicted molar refractivity (Wildman–Crippen MR) is 103 cm³/mol. The van der Waals surface area contributed by atoms with Crippen LogP contribution in [0.5, 0.6) is 0 Å². The third-order valence-corrected chi connectivity index (χ3v) is 4.94. The van der Waals surface area contributed by atoms with Gasteiger partial charge in [0, 0.05) is 22.2 Å². The maximum absolute atomic E-state index is 12.3. The zero-order valence-electron chi connectivity index (χ0n) is 15.1. The fraction of sp³-hybridized carbons (Fsp3) is 0.421. The average molecular weight is 393 g/mol. The molecular weight excluding hydrogens is 371 g/mol. The van der Waals surface area contributed by atoms with Crippen LogP contribution in [0.3, 0.4) is 0 Å². The largest absolute Gasteiger partial charge is 0.350 e. The Morgan fingerprint density at radius 2 is 2.12 bits per heavy atom. The maximum atomic E-state index is 12.3. The van der Waals surface area contributed by atoms with Crippen LogP contribution in [0.4, 0.5) is 0 Å². The molecule has 2 aromatic rings. The van der Waals surface area contributed by atoms with E-state index in [0.29, 0.717) is 35.9 Å². The van der Waals surface area contributed by atoms with E-state index in [2.05, 4.69) is 16.5 Å². The van der Waals surface area contributed by atoms with E-state index in [1.165, 1.54) is 0 Å². The molecule has 2 rings (SSSR count). The summed E-state index contributed by atoms with van der Waals surface area (Å²) in [5.74, 6) is -0.0490. The van der Waals surface area contributed by atoms with Crippen molar-refractivity contribution in [3.05, 3.63) is 50.8 Å². The van der Waals surface area contributed by atoms with Crippen LogP contribution in [0, 0.1) is 25.2 Å². The molecule has 0 fully saturated rings. The molecule has 0 saturated heterocycles. The van der Waals surface area contributed by atoms with Crippen molar-refractivity contribution in [3.63, 3.8) is 0 Å². The lowest BCUT2D eigenvalue weighted by Gasteiger charge is -2.16. The van der Waals surface area contributed by atoms with Crippen molar-refractivity contribution < 1.29 is 4.79 Å². The Kier molecular flexibility index (Phi) is 7.07. The van der Waals surface area contributed by atoms with E-state index in [9.17, 15) is 4.79 Å². The van der Waals surface area contributed by atoms with Gasteiger partial charge in [-0.1, -0.05) is 29.3 Å². The Labute approximate surface area is 163 Å². The molecule has 138 valence electrons. The highest BCUT2D eigenvalue weighted by molar-refractivity contribution is 6.35. The zero-order chi connectivity index (χ0) is 19.3. The summed E-state index contributed by atoms with van der Waals surface area (Å²) in [6.45, 7) is 6.37. The van der Waals surface area contributed by atoms with Crippen molar-refractivity contribution in [1.82, 2.24) is 15.1 Å². The number of nitrogens with one attached hydrogen (secondary N) is 1. The molecule has 1 unspecified atom stereocenters. The number of hydrogen-bond donors (Lipinski definition) is 1. The van der Waals surface area contributed by atoms with Crippen molar-refractivity contribution in [2.45, 2.75) is 52.6 Å². The lowest BCUT2D eigenvalue weighted by atomic mass is 10.1. The van der Waals surface area contributed by atoms with Gasteiger partial charge in [-0.15, -0.1) is 0 Å². The number of nitriles is 1. The summed E-state index contributed by atoms with van der Waals surface area (Å²) in [5, 5.41) is 17.3. The lowest BCUT2D eigenvalue weighted by molar-refractivity contribution is -0.121. The van der Waals surface area contributed by atoms with Crippen LogP contribution in [0.1, 0.15) is 48.3 Å². The third-order valence-electron chi connectivity index (χ3n) is 4.38. The molecule has 26 heavy (non-hydrogen) atoms. The van der Waals surface area contributed by atoms with Crippen molar-refractivity contribution in [2.24, 2.45) is 0 Å². The number of benzene rings is 1. The van der Waals surface area contributed by atoms with Gasteiger partial charge >= 0.3 is 0 Å². The Morgan fingerprint density at radius 1 is 1.38 bits per heavy atom. The molecule has 0 radical (unpaired) electrons. The number of rotatable bonds is 7. The third kappa shape index (κ3) is 5.00. The second kappa shape index (κ2) is 9.07. The van der Waals surface area contributed by atoms with Gasteiger partial charge in [-0.25, -0.2) is 0 Å². The first kappa shape index (κ1) is 20.3. The monoisotopic (exact) mass is 392 g/mol. The van der Waals surface area contributed by atoms with Crippen LogP contribution < -0.4 is 5.32 Å². The van der Waals surface area contributed by atoms with Crippen LogP contribution in [-0.2, 0) is 17.8 Å². The van der Waals surface area contributed by atoms with Gasteiger partial charge in [0.15, 0.2) is 0 Å². The highest BCUT2D eigenvalue weighted by Crippen LogP contribution is 2.26. The molecule has 1 aromatic heterocycles. The first-order chi connectivity index (χ1) is 12.3. The van der Waals surface area contributed by atoms with E-state index in [1.807, 2.05) is 31.5 Å². The zero-order valence-corrected chi connectivity index (χ0v) is 16.7. The molecule has 7 heteroatoms. The van der Waals surface area contributed by atoms with Gasteiger partial charge in [0.1, 0.15) is 0 Å². The number of nitrogens with zero attached hydrogens (tertiary/aromatic N) is 3. The minimum absolute atomic E-state index is 0.0490. The number of aromatic nitrogens is 2. The van der Waals surface area contributed by atoms with E-state index in [0.717, 1.165) is 22.5 Å². The predicted octanol–water partition coefficient (Wildman–Crippen LogP) is 4.53. The SMILES string of the molecule is Cc1nn(CCC#N)c(C)c1CCC(=O)NC(C)c1ccc(Cl)cc1Cl. The lowest BCUT2D eigenvalue weighted by Crippen LogP contribution is -2.27. The maximum Gasteiger partial charge on any atom is 0.220 e. The summed E-state index contributed by atoms with van der Waals surface area (Å²) in [7, 11) is 0. The van der Waals surface area contributed by atoms with E-state index < -0.39 is 0 Å². The topological polar surface area (TPSA) is 70.7 Å². The van der Waals surface area contributed by atoms with Gasteiger partial charge in [-0.05, 0) is 50.5 Å². The van der Waals surface area contributed by atoms with Gasteiger partial charge < -0.3 is 5.32 Å². The molecular formula is C19H22Cl2N4O. The van der Waals surface area contributed by atoms with Gasteiger partial charge in [0.25, 0.3) is 0 Å². The van der Waals surface area contributed by atoms with E-state index in [1.54, 1.807) is 12.1 Å². The standard InChI is InChI=1S/C19H22Cl2N4O/c1-12(17-6-5-15(20)11-18(17)21)23-19(26)8-7-16-13(2)24-25(14(16)3)10-4-9-22/h5-6,11-12H,4,7-8,10H2,1-3H3,(H,23,26). The van der Waals surface area contributed by atoms with Crippen molar-refractivity contribution in [3.8, 4) is 6.07 Å². The Balaban J connectivity index is 1.96. The summed E-state index contributed by atoms with van der Waals surface area (Å²) in [5.41, 5.74) is 3.82. The van der Waals surface area contributed by atoms with Gasteiger partial charge in [-0.2, -0.15) is 10.4 Å². The van der Waals surface area contributed by atoms with Crippen molar-refractivity contribution in [2.75, 3.05) is 0 Å². The number of carbonyl (C=O) groups is 1. The highest BCUT2D eigenvalue weighted by Gasteiger charge is 2.16. The van der Waals surface area contributed by atoms with Crippen LogP contribution in [-0.4, -0.2) is 15.7 Å². The molecule has 0 spiro atoms. The number of aryl methyl sites for hydroxylation is 2. The molecule has 0 aliphatic carbocycles. The molecule has 1 heterocycles. The minimum atomic E-state index is -0.201. The summed E-state index contributed by atoms with van der Waals surface area (Å²) >= 11 is 12.1. The number of carbonyl (C=O) groups excluding carboxylic acids is 1. The Hall–Kier alpha value is -2.03. The molecule has 1 amide bonds. The second-order valence-corrected chi connectivity index (χ2v) is 7.08.